The highest BCUT2D eigenvalue weighted by molar-refractivity contribution is 7.26. The van der Waals surface area contributed by atoms with Gasteiger partial charge in [-0.15, -0.1) is 11.3 Å². The lowest BCUT2D eigenvalue weighted by Gasteiger charge is -2.28. The molecule has 0 saturated heterocycles. The average Bonchev–Trinajstić information content (AvgIpc) is 3.87. The summed E-state index contributed by atoms with van der Waals surface area (Å²) < 4.78 is 2.60. The molecule has 1 atom stereocenters. The van der Waals surface area contributed by atoms with Crippen molar-refractivity contribution in [2.24, 2.45) is 0 Å². The van der Waals surface area contributed by atoms with E-state index in [1.807, 2.05) is 17.4 Å². The molecule has 9 aromatic carbocycles. The molecule has 0 aliphatic heterocycles. The number of nitrogens with zero attached hydrogens (tertiary/aromatic N) is 2. The zero-order chi connectivity index (χ0) is 41.9. The first-order valence-electron chi connectivity index (χ1n) is 21.6. The van der Waals surface area contributed by atoms with Crippen LogP contribution in [0.3, 0.4) is 0 Å². The monoisotopic (exact) mass is 820 g/mol. The summed E-state index contributed by atoms with van der Waals surface area (Å²) in [4.78, 5) is 10.8. The van der Waals surface area contributed by atoms with Crippen LogP contribution in [0.15, 0.2) is 224 Å². The molecule has 11 aromatic rings. The van der Waals surface area contributed by atoms with Crippen molar-refractivity contribution in [1.82, 2.24) is 9.97 Å². The minimum absolute atomic E-state index is 0.326. The zero-order valence-corrected chi connectivity index (χ0v) is 35.5. The summed E-state index contributed by atoms with van der Waals surface area (Å²) in [5.41, 5.74) is 17.9. The fraction of sp³-hybridized carbons (Fsp3) is 0.0333. The van der Waals surface area contributed by atoms with Crippen LogP contribution >= 0.6 is 11.3 Å². The SMILES string of the molecule is CC1(c2ccccc2)c2ccccc2-c2c(-c3cc(-c4cc(-c5ccccc5)cc(-c5cc(-c6ccccc6)c6sc7ccccc7c6c5)c4)nc(-c4ccccc4)n3)cccc21. The van der Waals surface area contributed by atoms with Crippen LogP contribution < -0.4 is 0 Å². The summed E-state index contributed by atoms with van der Waals surface area (Å²) in [5, 5.41) is 2.55. The summed E-state index contributed by atoms with van der Waals surface area (Å²) in [6, 6.07) is 81.2. The maximum atomic E-state index is 5.42. The van der Waals surface area contributed by atoms with Gasteiger partial charge in [-0.25, -0.2) is 9.97 Å². The Kier molecular flexibility index (Phi) is 8.84. The van der Waals surface area contributed by atoms with Crippen molar-refractivity contribution >= 4 is 31.5 Å². The van der Waals surface area contributed by atoms with Gasteiger partial charge in [-0.1, -0.05) is 182 Å². The molecule has 0 bridgehead atoms. The van der Waals surface area contributed by atoms with Gasteiger partial charge >= 0.3 is 0 Å². The Morgan fingerprint density at radius 3 is 1.68 bits per heavy atom. The fourth-order valence-electron chi connectivity index (χ4n) is 9.85. The number of hydrogen-bond donors (Lipinski definition) is 0. The summed E-state index contributed by atoms with van der Waals surface area (Å²) in [7, 11) is 0. The van der Waals surface area contributed by atoms with E-state index < -0.39 is 0 Å². The number of thiophene rings is 1. The maximum absolute atomic E-state index is 5.42. The van der Waals surface area contributed by atoms with E-state index in [1.165, 1.54) is 64.7 Å². The van der Waals surface area contributed by atoms with E-state index >= 15 is 0 Å². The van der Waals surface area contributed by atoms with E-state index in [2.05, 4.69) is 225 Å². The maximum Gasteiger partial charge on any atom is 0.160 e. The van der Waals surface area contributed by atoms with Crippen molar-refractivity contribution in [3.05, 3.63) is 241 Å². The lowest BCUT2D eigenvalue weighted by atomic mass is 9.74. The standard InChI is InChI=1S/C60H40N2S/c1-60(46-25-12-5-13-26-46)52-30-16-14-28-48(52)57-49(29-18-31-53(57)60)55-38-54(61-59(62-55)41-23-10-4-11-24-41)45-34-42(39-19-6-2-7-20-39)33-43(35-45)44-36-50(40-21-8-3-9-22-40)58-51(37-44)47-27-15-17-32-56(47)63-58/h2-38H,1H3. The highest BCUT2D eigenvalue weighted by Gasteiger charge is 2.41. The largest absolute Gasteiger partial charge is 0.228 e. The van der Waals surface area contributed by atoms with Crippen LogP contribution in [0.2, 0.25) is 0 Å². The molecule has 0 N–H and O–H groups in total. The second-order valence-corrected chi connectivity index (χ2v) is 17.7. The molecule has 2 nitrogen and oxygen atoms in total. The predicted molar refractivity (Wildman–Crippen MR) is 265 cm³/mol. The van der Waals surface area contributed by atoms with Crippen LogP contribution in [0.25, 0.3) is 98.6 Å². The lowest BCUT2D eigenvalue weighted by Crippen LogP contribution is -2.22. The van der Waals surface area contributed by atoms with Crippen molar-refractivity contribution < 1.29 is 0 Å². The fourth-order valence-corrected chi connectivity index (χ4v) is 11.1. The highest BCUT2D eigenvalue weighted by atomic mass is 32.1. The zero-order valence-electron chi connectivity index (χ0n) is 34.7. The van der Waals surface area contributed by atoms with E-state index in [9.17, 15) is 0 Å². The van der Waals surface area contributed by atoms with Crippen LogP contribution in [0.5, 0.6) is 0 Å². The van der Waals surface area contributed by atoms with Crippen LogP contribution in [-0.4, -0.2) is 9.97 Å². The van der Waals surface area contributed by atoms with Crippen LogP contribution in [0.1, 0.15) is 23.6 Å². The molecule has 3 heteroatoms. The molecule has 296 valence electrons. The van der Waals surface area contributed by atoms with Crippen molar-refractivity contribution in [2.45, 2.75) is 12.3 Å². The van der Waals surface area contributed by atoms with E-state index in [0.29, 0.717) is 5.82 Å². The molecule has 0 radical (unpaired) electrons. The van der Waals surface area contributed by atoms with Gasteiger partial charge in [0.2, 0.25) is 0 Å². The molecule has 0 fully saturated rings. The van der Waals surface area contributed by atoms with Gasteiger partial charge < -0.3 is 0 Å². The Bertz CT molecular complexity index is 3500. The van der Waals surface area contributed by atoms with Gasteiger partial charge in [-0.2, -0.15) is 0 Å². The number of hydrogen-bond acceptors (Lipinski definition) is 3. The van der Waals surface area contributed by atoms with Gasteiger partial charge in [0.1, 0.15) is 0 Å². The molecule has 2 heterocycles. The molecule has 1 aliphatic carbocycles. The van der Waals surface area contributed by atoms with Gasteiger partial charge in [0.05, 0.1) is 11.4 Å². The summed E-state index contributed by atoms with van der Waals surface area (Å²) in [5.74, 6) is 0.696. The summed E-state index contributed by atoms with van der Waals surface area (Å²) in [6.45, 7) is 2.37. The number of rotatable bonds is 7. The molecule has 1 aliphatic rings. The van der Waals surface area contributed by atoms with Gasteiger partial charge in [-0.3, -0.25) is 0 Å². The van der Waals surface area contributed by atoms with Gasteiger partial charge in [0.25, 0.3) is 0 Å². The Labute approximate surface area is 371 Å². The minimum atomic E-state index is -0.326. The predicted octanol–water partition coefficient (Wildman–Crippen LogP) is 16.2. The Morgan fingerprint density at radius 2 is 0.921 bits per heavy atom. The summed E-state index contributed by atoms with van der Waals surface area (Å²) >= 11 is 1.87. The van der Waals surface area contributed by atoms with Gasteiger partial charge in [-0.05, 0) is 105 Å². The van der Waals surface area contributed by atoms with Gasteiger partial charge in [0.15, 0.2) is 5.82 Å². The van der Waals surface area contributed by atoms with Crippen LogP contribution in [-0.2, 0) is 5.41 Å². The molecule has 1 unspecified atom stereocenters. The molecule has 2 aromatic heterocycles. The van der Waals surface area contributed by atoms with Gasteiger partial charge in [0, 0.05) is 47.8 Å². The average molecular weight is 821 g/mol. The highest BCUT2D eigenvalue weighted by Crippen LogP contribution is 2.55. The first kappa shape index (κ1) is 37.1. The molecular weight excluding hydrogens is 781 g/mol. The molecule has 0 saturated carbocycles. The number of fused-ring (bicyclic) bond motifs is 6. The molecule has 12 rings (SSSR count). The molecule has 0 amide bonds. The first-order valence-corrected chi connectivity index (χ1v) is 22.4. The Morgan fingerprint density at radius 1 is 0.365 bits per heavy atom. The van der Waals surface area contributed by atoms with E-state index in [0.717, 1.165) is 44.8 Å². The molecule has 63 heavy (non-hydrogen) atoms. The second-order valence-electron chi connectivity index (χ2n) is 16.6. The van der Waals surface area contributed by atoms with Crippen molar-refractivity contribution in [2.75, 3.05) is 0 Å². The van der Waals surface area contributed by atoms with Crippen molar-refractivity contribution in [1.29, 1.82) is 0 Å². The third-order valence-corrected chi connectivity index (χ3v) is 14.2. The topological polar surface area (TPSA) is 25.8 Å². The van der Waals surface area contributed by atoms with E-state index in [-0.39, 0.29) is 5.41 Å². The smallest absolute Gasteiger partial charge is 0.160 e. The minimum Gasteiger partial charge on any atom is -0.228 e. The Balaban J connectivity index is 1.11. The van der Waals surface area contributed by atoms with E-state index in [4.69, 9.17) is 9.97 Å². The molecule has 0 spiro atoms. The summed E-state index contributed by atoms with van der Waals surface area (Å²) in [6.07, 6.45) is 0. The quantitative estimate of drug-likeness (QED) is 0.160. The lowest BCUT2D eigenvalue weighted by molar-refractivity contribution is 0.714. The third-order valence-electron chi connectivity index (χ3n) is 13.0. The Hall–Kier alpha value is -7.72. The van der Waals surface area contributed by atoms with Crippen LogP contribution in [0, 0.1) is 0 Å². The number of benzene rings is 9. The second kappa shape index (κ2) is 15.0. The van der Waals surface area contributed by atoms with E-state index in [1.54, 1.807) is 0 Å². The normalized spacial score (nSPS) is 14.2. The first-order chi connectivity index (χ1) is 31.1. The van der Waals surface area contributed by atoms with Crippen molar-refractivity contribution in [3.8, 4) is 78.4 Å². The molecular formula is C60H40N2S. The van der Waals surface area contributed by atoms with Crippen molar-refractivity contribution in [3.63, 3.8) is 0 Å². The number of aromatic nitrogens is 2. The third kappa shape index (κ3) is 6.23. The van der Waals surface area contributed by atoms with Crippen LogP contribution in [0.4, 0.5) is 0 Å².